The fourth-order valence-electron chi connectivity index (χ4n) is 4.25. The molecule has 1 aliphatic heterocycles. The van der Waals surface area contributed by atoms with Crippen LogP contribution in [0.3, 0.4) is 0 Å². The van der Waals surface area contributed by atoms with E-state index in [9.17, 15) is 5.11 Å². The summed E-state index contributed by atoms with van der Waals surface area (Å²) in [6.45, 7) is 1.24. The minimum Gasteiger partial charge on any atom is -0.496 e. The average Bonchev–Trinajstić information content (AvgIpc) is 3.41. The van der Waals surface area contributed by atoms with Crippen LogP contribution in [0.1, 0.15) is 23.9 Å². The maximum atomic E-state index is 10.4. The van der Waals surface area contributed by atoms with Gasteiger partial charge in [-0.15, -0.1) is 0 Å². The van der Waals surface area contributed by atoms with Crippen LogP contribution in [0.15, 0.2) is 71.3 Å². The van der Waals surface area contributed by atoms with Crippen LogP contribution in [0, 0.1) is 0 Å². The first-order valence-electron chi connectivity index (χ1n) is 10.1. The molecule has 0 amide bonds. The summed E-state index contributed by atoms with van der Waals surface area (Å²) in [4.78, 5) is 6.84. The highest BCUT2D eigenvalue weighted by molar-refractivity contribution is 5.91. The summed E-state index contributed by atoms with van der Waals surface area (Å²) in [5.41, 5.74) is 2.09. The maximum Gasteiger partial charge on any atom is 0.244 e. The van der Waals surface area contributed by atoms with Crippen LogP contribution in [-0.4, -0.2) is 39.9 Å². The topological polar surface area (TPSA) is 71.6 Å². The van der Waals surface area contributed by atoms with Crippen molar-refractivity contribution >= 4 is 10.8 Å². The molecule has 0 aliphatic carbocycles. The molecule has 0 bridgehead atoms. The molecule has 1 aliphatic rings. The van der Waals surface area contributed by atoms with Crippen LogP contribution in [-0.2, 0) is 6.54 Å². The summed E-state index contributed by atoms with van der Waals surface area (Å²) in [7, 11) is 1.69. The first-order valence-corrected chi connectivity index (χ1v) is 10.1. The van der Waals surface area contributed by atoms with E-state index in [0.29, 0.717) is 31.2 Å². The van der Waals surface area contributed by atoms with Crippen LogP contribution in [0.25, 0.3) is 22.2 Å². The van der Waals surface area contributed by atoms with Crippen molar-refractivity contribution in [3.63, 3.8) is 0 Å². The molecule has 5 rings (SSSR count). The van der Waals surface area contributed by atoms with Gasteiger partial charge < -0.3 is 14.4 Å². The maximum absolute atomic E-state index is 10.4. The molecule has 2 unspecified atom stereocenters. The minimum atomic E-state index is -0.424. The van der Waals surface area contributed by atoms with E-state index >= 15 is 0 Å². The van der Waals surface area contributed by atoms with Gasteiger partial charge in [0.15, 0.2) is 0 Å². The van der Waals surface area contributed by atoms with Crippen LogP contribution in [0.4, 0.5) is 0 Å². The minimum absolute atomic E-state index is 0.120. The van der Waals surface area contributed by atoms with Crippen molar-refractivity contribution in [2.24, 2.45) is 0 Å². The number of β-amino-alcohol motifs (C(OH)–C–C–N with tert-alkyl or cyclic N) is 1. The number of aromatic nitrogens is 2. The SMILES string of the molecule is COc1ccc(CN2CC(O)CC2c2nc(-c3ccccc3)no2)c2ccccc12. The molecule has 6 nitrogen and oxygen atoms in total. The number of rotatable bonds is 5. The zero-order chi connectivity index (χ0) is 20.5. The number of nitrogens with zero attached hydrogens (tertiary/aromatic N) is 3. The van der Waals surface area contributed by atoms with E-state index in [1.807, 2.05) is 48.5 Å². The predicted octanol–water partition coefficient (Wildman–Crippen LogP) is 4.21. The number of aliphatic hydroxyl groups excluding tert-OH is 1. The van der Waals surface area contributed by atoms with Gasteiger partial charge in [0.2, 0.25) is 11.7 Å². The van der Waals surface area contributed by atoms with E-state index in [1.54, 1.807) is 7.11 Å². The van der Waals surface area contributed by atoms with Gasteiger partial charge in [-0.3, -0.25) is 4.90 Å². The number of ether oxygens (including phenoxy) is 1. The predicted molar refractivity (Wildman–Crippen MR) is 114 cm³/mol. The van der Waals surface area contributed by atoms with Gasteiger partial charge in [0, 0.05) is 24.0 Å². The number of benzene rings is 3. The molecule has 152 valence electrons. The zero-order valence-corrected chi connectivity index (χ0v) is 16.7. The van der Waals surface area contributed by atoms with Gasteiger partial charge in [-0.2, -0.15) is 4.98 Å². The van der Waals surface area contributed by atoms with Crippen molar-refractivity contribution in [2.45, 2.75) is 25.1 Å². The number of methoxy groups -OCH3 is 1. The van der Waals surface area contributed by atoms with Gasteiger partial charge in [0.1, 0.15) is 5.75 Å². The van der Waals surface area contributed by atoms with Crippen LogP contribution in [0.2, 0.25) is 0 Å². The van der Waals surface area contributed by atoms with Gasteiger partial charge in [-0.05, 0) is 23.4 Å². The van der Waals surface area contributed by atoms with Crippen molar-refractivity contribution in [1.82, 2.24) is 15.0 Å². The van der Waals surface area contributed by atoms with Gasteiger partial charge >= 0.3 is 0 Å². The fraction of sp³-hybridized carbons (Fsp3) is 0.250. The lowest BCUT2D eigenvalue weighted by Gasteiger charge is -2.22. The first kappa shape index (κ1) is 18.8. The molecule has 2 heterocycles. The highest BCUT2D eigenvalue weighted by atomic mass is 16.5. The quantitative estimate of drug-likeness (QED) is 0.540. The van der Waals surface area contributed by atoms with E-state index < -0.39 is 6.10 Å². The van der Waals surface area contributed by atoms with Gasteiger partial charge in [-0.1, -0.05) is 65.8 Å². The Kier molecular flexibility index (Phi) is 4.94. The van der Waals surface area contributed by atoms with E-state index in [1.165, 1.54) is 5.56 Å². The van der Waals surface area contributed by atoms with E-state index in [0.717, 1.165) is 22.1 Å². The molecule has 30 heavy (non-hydrogen) atoms. The zero-order valence-electron chi connectivity index (χ0n) is 16.7. The van der Waals surface area contributed by atoms with Crippen molar-refractivity contribution in [3.8, 4) is 17.1 Å². The highest BCUT2D eigenvalue weighted by Gasteiger charge is 2.36. The Hall–Kier alpha value is -3.22. The normalized spacial score (nSPS) is 19.4. The molecule has 1 saturated heterocycles. The van der Waals surface area contributed by atoms with E-state index in [2.05, 4.69) is 33.2 Å². The second-order valence-corrected chi connectivity index (χ2v) is 7.63. The first-order chi connectivity index (χ1) is 14.7. The molecule has 6 heteroatoms. The van der Waals surface area contributed by atoms with Crippen LogP contribution < -0.4 is 4.74 Å². The van der Waals surface area contributed by atoms with Crippen molar-refractivity contribution in [1.29, 1.82) is 0 Å². The third-order valence-electron chi connectivity index (χ3n) is 5.71. The molecular weight excluding hydrogens is 378 g/mol. The number of fused-ring (bicyclic) bond motifs is 1. The van der Waals surface area contributed by atoms with Crippen molar-refractivity contribution in [2.75, 3.05) is 13.7 Å². The van der Waals surface area contributed by atoms with Gasteiger partial charge in [-0.25, -0.2) is 0 Å². The number of hydrogen-bond donors (Lipinski definition) is 1. The average molecular weight is 401 g/mol. The Balaban J connectivity index is 1.45. The monoisotopic (exact) mass is 401 g/mol. The van der Waals surface area contributed by atoms with Crippen molar-refractivity contribution < 1.29 is 14.4 Å². The summed E-state index contributed by atoms with van der Waals surface area (Å²) < 4.78 is 11.1. The summed E-state index contributed by atoms with van der Waals surface area (Å²) >= 11 is 0. The second-order valence-electron chi connectivity index (χ2n) is 7.63. The third-order valence-corrected chi connectivity index (χ3v) is 5.71. The van der Waals surface area contributed by atoms with Gasteiger partial charge in [0.05, 0.1) is 19.3 Å². The standard InChI is InChI=1S/C24H23N3O3/c1-29-22-12-11-17(19-9-5-6-10-20(19)22)14-27-15-18(28)13-21(27)24-25-23(26-30-24)16-7-3-2-4-8-16/h2-12,18,21,28H,13-15H2,1H3. The van der Waals surface area contributed by atoms with E-state index in [-0.39, 0.29) is 6.04 Å². The van der Waals surface area contributed by atoms with Crippen LogP contribution in [0.5, 0.6) is 5.75 Å². The summed E-state index contributed by atoms with van der Waals surface area (Å²) in [6, 6.07) is 22.0. The molecule has 1 fully saturated rings. The number of aliphatic hydroxyl groups is 1. The Morgan fingerprint density at radius 1 is 1.03 bits per heavy atom. The lowest BCUT2D eigenvalue weighted by molar-refractivity contribution is 0.169. The third kappa shape index (κ3) is 3.44. The molecule has 0 radical (unpaired) electrons. The van der Waals surface area contributed by atoms with Crippen LogP contribution >= 0.6 is 0 Å². The molecule has 2 atom stereocenters. The molecule has 4 aromatic rings. The summed E-state index contributed by atoms with van der Waals surface area (Å²) in [5, 5.41) is 16.8. The molecular formula is C24H23N3O3. The molecule has 1 aromatic heterocycles. The lowest BCUT2D eigenvalue weighted by Crippen LogP contribution is -2.24. The fourth-order valence-corrected chi connectivity index (χ4v) is 4.25. The molecule has 3 aromatic carbocycles. The second kappa shape index (κ2) is 7.89. The lowest BCUT2D eigenvalue weighted by atomic mass is 10.0. The Morgan fingerprint density at radius 2 is 1.80 bits per heavy atom. The smallest absolute Gasteiger partial charge is 0.244 e. The highest BCUT2D eigenvalue weighted by Crippen LogP contribution is 2.36. The molecule has 1 N–H and O–H groups in total. The number of likely N-dealkylation sites (tertiary alicyclic amines) is 1. The number of hydrogen-bond acceptors (Lipinski definition) is 6. The summed E-state index contributed by atoms with van der Waals surface area (Å²) in [5.74, 6) is 1.97. The Bertz CT molecular complexity index is 1160. The summed E-state index contributed by atoms with van der Waals surface area (Å²) in [6.07, 6.45) is 0.149. The molecule has 0 saturated carbocycles. The largest absolute Gasteiger partial charge is 0.496 e. The Morgan fingerprint density at radius 3 is 2.60 bits per heavy atom. The van der Waals surface area contributed by atoms with E-state index in [4.69, 9.17) is 9.26 Å². The van der Waals surface area contributed by atoms with Gasteiger partial charge in [0.25, 0.3) is 0 Å². The van der Waals surface area contributed by atoms with Crippen molar-refractivity contribution in [3.05, 3.63) is 78.2 Å². The molecule has 0 spiro atoms. The Labute approximate surface area is 174 Å².